The van der Waals surface area contributed by atoms with Crippen LogP contribution in [0.1, 0.15) is 50.4 Å². The number of carbonyl (C=O) groups is 1. The van der Waals surface area contributed by atoms with Gasteiger partial charge in [0.1, 0.15) is 11.6 Å². The number of nitrogens with one attached hydrogen (secondary N) is 2. The normalized spacial score (nSPS) is 14.3. The van der Waals surface area contributed by atoms with Gasteiger partial charge in [0.25, 0.3) is 0 Å². The zero-order chi connectivity index (χ0) is 34.1. The SMILES string of the molecule is CC.CC(C)c1cc(NC(=O)Nc2ccc(OCCc3cccnc3)c3ccccc23)n(-c2ccc(CN3CCS(=O)(=O)CC3)cc2)n1. The molecule has 0 atom stereocenters. The maximum Gasteiger partial charge on any atom is 0.324 e. The highest BCUT2D eigenvalue weighted by molar-refractivity contribution is 7.91. The second-order valence-electron chi connectivity index (χ2n) is 11.8. The first-order chi connectivity index (χ1) is 23.2. The average Bonchev–Trinajstić information content (AvgIpc) is 3.52. The lowest BCUT2D eigenvalue weighted by atomic mass is 10.1. The van der Waals surface area contributed by atoms with Crippen molar-refractivity contribution in [2.45, 2.75) is 46.6 Å². The molecule has 2 N–H and O–H groups in total. The minimum Gasteiger partial charge on any atom is -0.493 e. The van der Waals surface area contributed by atoms with Crippen LogP contribution in [0, 0.1) is 0 Å². The Bertz CT molecular complexity index is 1910. The van der Waals surface area contributed by atoms with Gasteiger partial charge < -0.3 is 10.1 Å². The van der Waals surface area contributed by atoms with Crippen molar-refractivity contribution in [3.63, 3.8) is 0 Å². The molecule has 2 aromatic heterocycles. The molecule has 3 heterocycles. The number of nitrogens with zero attached hydrogens (tertiary/aromatic N) is 4. The van der Waals surface area contributed by atoms with Gasteiger partial charge >= 0.3 is 6.03 Å². The fraction of sp³-hybridized carbons (Fsp3) is 0.324. The van der Waals surface area contributed by atoms with E-state index in [1.165, 1.54) is 0 Å². The lowest BCUT2D eigenvalue weighted by Gasteiger charge is -2.26. The molecule has 1 aliphatic heterocycles. The van der Waals surface area contributed by atoms with E-state index < -0.39 is 9.84 Å². The molecule has 1 aliphatic rings. The fourth-order valence-electron chi connectivity index (χ4n) is 5.48. The summed E-state index contributed by atoms with van der Waals surface area (Å²) in [7, 11) is -2.92. The number of aromatic nitrogens is 3. The maximum absolute atomic E-state index is 13.4. The van der Waals surface area contributed by atoms with Crippen molar-refractivity contribution in [1.82, 2.24) is 19.7 Å². The van der Waals surface area contributed by atoms with Crippen LogP contribution in [0.5, 0.6) is 5.75 Å². The van der Waals surface area contributed by atoms with E-state index in [-0.39, 0.29) is 23.5 Å². The summed E-state index contributed by atoms with van der Waals surface area (Å²) in [5.41, 5.74) is 4.52. The number of rotatable bonds is 10. The molecule has 0 spiro atoms. The quantitative estimate of drug-likeness (QED) is 0.164. The van der Waals surface area contributed by atoms with Gasteiger partial charge in [-0.1, -0.05) is 70.2 Å². The molecule has 10 nitrogen and oxygen atoms in total. The summed E-state index contributed by atoms with van der Waals surface area (Å²) in [5.74, 6) is 1.87. The van der Waals surface area contributed by atoms with Crippen LogP contribution in [0.3, 0.4) is 0 Å². The third-order valence-corrected chi connectivity index (χ3v) is 9.70. The number of benzene rings is 3. The number of sulfone groups is 1. The van der Waals surface area contributed by atoms with Gasteiger partial charge in [-0.05, 0) is 47.4 Å². The Morgan fingerprint density at radius 1 is 0.896 bits per heavy atom. The molecule has 0 saturated carbocycles. The number of hydrogen-bond acceptors (Lipinski definition) is 7. The van der Waals surface area contributed by atoms with E-state index in [1.807, 2.05) is 98.9 Å². The Kier molecular flexibility index (Phi) is 11.5. The highest BCUT2D eigenvalue weighted by Gasteiger charge is 2.22. The molecule has 5 aromatic rings. The Balaban J connectivity index is 0.00000221. The topological polar surface area (TPSA) is 118 Å². The van der Waals surface area contributed by atoms with Gasteiger partial charge in [0.05, 0.1) is 35.2 Å². The van der Waals surface area contributed by atoms with Gasteiger partial charge in [0, 0.05) is 55.3 Å². The van der Waals surface area contributed by atoms with Crippen LogP contribution in [-0.2, 0) is 22.8 Å². The summed E-state index contributed by atoms with van der Waals surface area (Å²) in [4.78, 5) is 19.7. The van der Waals surface area contributed by atoms with Crippen LogP contribution in [-0.4, -0.2) is 65.3 Å². The molecule has 48 heavy (non-hydrogen) atoms. The Morgan fingerprint density at radius 3 is 2.31 bits per heavy atom. The minimum absolute atomic E-state index is 0.161. The minimum atomic E-state index is -2.92. The van der Waals surface area contributed by atoms with Crippen molar-refractivity contribution >= 4 is 38.1 Å². The van der Waals surface area contributed by atoms with Crippen LogP contribution < -0.4 is 15.4 Å². The van der Waals surface area contributed by atoms with Crippen molar-refractivity contribution in [2.24, 2.45) is 0 Å². The number of pyridine rings is 1. The molecule has 6 rings (SSSR count). The van der Waals surface area contributed by atoms with Crippen LogP contribution in [0.25, 0.3) is 16.5 Å². The van der Waals surface area contributed by atoms with E-state index in [2.05, 4.69) is 34.4 Å². The first-order valence-electron chi connectivity index (χ1n) is 16.5. The van der Waals surface area contributed by atoms with Crippen LogP contribution in [0.4, 0.5) is 16.3 Å². The predicted molar refractivity (Wildman–Crippen MR) is 193 cm³/mol. The van der Waals surface area contributed by atoms with Gasteiger partial charge in [-0.25, -0.2) is 17.9 Å². The Labute approximate surface area is 283 Å². The van der Waals surface area contributed by atoms with Gasteiger partial charge in [0.15, 0.2) is 9.84 Å². The van der Waals surface area contributed by atoms with E-state index >= 15 is 0 Å². The summed E-state index contributed by atoms with van der Waals surface area (Å²) in [6, 6.07) is 25.0. The first kappa shape index (κ1) is 34.6. The van der Waals surface area contributed by atoms with Crippen LogP contribution in [0.2, 0.25) is 0 Å². The smallest absolute Gasteiger partial charge is 0.324 e. The Hall–Kier alpha value is -4.74. The summed E-state index contributed by atoms with van der Waals surface area (Å²) >= 11 is 0. The number of urea groups is 1. The fourth-order valence-corrected chi connectivity index (χ4v) is 6.75. The number of amides is 2. The highest BCUT2D eigenvalue weighted by atomic mass is 32.2. The van der Waals surface area contributed by atoms with E-state index in [4.69, 9.17) is 9.84 Å². The number of carbonyl (C=O) groups excluding carboxylic acids is 1. The number of ether oxygens (including phenoxy) is 1. The zero-order valence-corrected chi connectivity index (χ0v) is 28.8. The molecule has 3 aromatic carbocycles. The standard InChI is InChI=1S/C35H38N6O4S.C2H6/c1-25(2)32-22-34(41(39-32)28-11-9-27(10-12-28)24-40-17-20-46(43,44)21-18-40)38-35(42)37-31-13-14-33(30-8-4-3-7-29(30)31)45-19-15-26-6-5-16-36-23-26;1-2/h3-14,16,22-23,25H,15,17-21,24H2,1-2H3,(H2,37,38,42);1-2H3. The second-order valence-corrected chi connectivity index (χ2v) is 14.1. The van der Waals surface area contributed by atoms with Gasteiger partial charge in [-0.2, -0.15) is 5.10 Å². The molecule has 0 radical (unpaired) electrons. The predicted octanol–water partition coefficient (Wildman–Crippen LogP) is 7.07. The molecule has 0 unspecified atom stereocenters. The van der Waals surface area contributed by atoms with E-state index in [9.17, 15) is 13.2 Å². The van der Waals surface area contributed by atoms with Crippen molar-refractivity contribution in [2.75, 3.05) is 41.8 Å². The van der Waals surface area contributed by atoms with Crippen LogP contribution in [0.15, 0.2) is 91.3 Å². The third-order valence-electron chi connectivity index (χ3n) is 8.09. The molecular formula is C37H44N6O4S. The molecule has 1 saturated heterocycles. The molecule has 11 heteroatoms. The first-order valence-corrected chi connectivity index (χ1v) is 18.3. The maximum atomic E-state index is 13.4. The van der Waals surface area contributed by atoms with E-state index in [0.717, 1.165) is 45.5 Å². The summed E-state index contributed by atoms with van der Waals surface area (Å²) in [6.45, 7) is 10.4. The summed E-state index contributed by atoms with van der Waals surface area (Å²) in [5, 5.41) is 12.6. The molecule has 252 valence electrons. The zero-order valence-electron chi connectivity index (χ0n) is 28.0. The largest absolute Gasteiger partial charge is 0.493 e. The number of hydrogen-bond donors (Lipinski definition) is 2. The molecule has 0 bridgehead atoms. The lowest BCUT2D eigenvalue weighted by molar-refractivity contribution is 0.262. The molecule has 0 aliphatic carbocycles. The van der Waals surface area contributed by atoms with Crippen molar-refractivity contribution in [3.05, 3.63) is 108 Å². The van der Waals surface area contributed by atoms with E-state index in [0.29, 0.717) is 37.7 Å². The molecule has 1 fully saturated rings. The van der Waals surface area contributed by atoms with Crippen molar-refractivity contribution in [3.8, 4) is 11.4 Å². The third kappa shape index (κ3) is 8.78. The van der Waals surface area contributed by atoms with Crippen molar-refractivity contribution < 1.29 is 17.9 Å². The van der Waals surface area contributed by atoms with Gasteiger partial charge in [-0.3, -0.25) is 15.2 Å². The monoisotopic (exact) mass is 668 g/mol. The summed E-state index contributed by atoms with van der Waals surface area (Å²) < 4.78 is 31.4. The molecular weight excluding hydrogens is 625 g/mol. The van der Waals surface area contributed by atoms with Gasteiger partial charge in [-0.15, -0.1) is 0 Å². The molecule has 2 amide bonds. The highest BCUT2D eigenvalue weighted by Crippen LogP contribution is 2.32. The van der Waals surface area contributed by atoms with E-state index in [1.54, 1.807) is 10.9 Å². The number of fused-ring (bicyclic) bond motifs is 1. The number of anilines is 2. The van der Waals surface area contributed by atoms with Gasteiger partial charge in [0.2, 0.25) is 0 Å². The Morgan fingerprint density at radius 2 is 1.62 bits per heavy atom. The lowest BCUT2D eigenvalue weighted by Crippen LogP contribution is -2.39. The second kappa shape index (κ2) is 15.9. The average molecular weight is 669 g/mol. The summed E-state index contributed by atoms with van der Waals surface area (Å²) in [6.07, 6.45) is 4.33. The van der Waals surface area contributed by atoms with Crippen molar-refractivity contribution in [1.29, 1.82) is 0 Å². The van der Waals surface area contributed by atoms with Crippen LogP contribution >= 0.6 is 0 Å².